The summed E-state index contributed by atoms with van der Waals surface area (Å²) >= 11 is 0. The molecule has 0 unspecified atom stereocenters. The maximum Gasteiger partial charge on any atom is 0.0602 e. The van der Waals surface area contributed by atoms with Crippen LogP contribution in [0.3, 0.4) is 0 Å². The van der Waals surface area contributed by atoms with Gasteiger partial charge in [-0.25, -0.2) is 0 Å². The second kappa shape index (κ2) is 4.99. The first kappa shape index (κ1) is 12.3. The van der Waals surface area contributed by atoms with Gasteiger partial charge in [0.25, 0.3) is 0 Å². The molecule has 0 spiro atoms. The smallest absolute Gasteiger partial charge is 0.0602 e. The van der Waals surface area contributed by atoms with E-state index in [1.54, 1.807) is 0 Å². The molecule has 1 aliphatic rings. The van der Waals surface area contributed by atoms with Gasteiger partial charge in [-0.1, -0.05) is 19.9 Å². The molecular formula is C15H24N2. The highest BCUT2D eigenvalue weighted by Crippen LogP contribution is 2.31. The van der Waals surface area contributed by atoms with Gasteiger partial charge in [0, 0.05) is 13.1 Å². The number of nitrogens with two attached hydrogens (primary N) is 1. The van der Waals surface area contributed by atoms with Crippen molar-refractivity contribution in [1.29, 1.82) is 0 Å². The van der Waals surface area contributed by atoms with Gasteiger partial charge in [0.05, 0.1) is 11.4 Å². The highest BCUT2D eigenvalue weighted by Gasteiger charge is 2.22. The summed E-state index contributed by atoms with van der Waals surface area (Å²) in [6.45, 7) is 9.10. The molecule has 2 rings (SSSR count). The minimum absolute atomic E-state index is 0.812. The maximum atomic E-state index is 6.07. The average Bonchev–Trinajstić information content (AvgIpc) is 2.32. The van der Waals surface area contributed by atoms with Gasteiger partial charge in [0.1, 0.15) is 0 Å². The lowest BCUT2D eigenvalue weighted by molar-refractivity contribution is 0.311. The molecule has 0 saturated carbocycles. The lowest BCUT2D eigenvalue weighted by Gasteiger charge is -2.36. The maximum absolute atomic E-state index is 6.07. The van der Waals surface area contributed by atoms with Crippen molar-refractivity contribution in [2.24, 2.45) is 11.8 Å². The first-order valence-corrected chi connectivity index (χ1v) is 6.69. The number of nitrogen functional groups attached to an aromatic ring is 1. The fraction of sp³-hybridized carbons (Fsp3) is 0.600. The van der Waals surface area contributed by atoms with E-state index in [1.807, 2.05) is 6.07 Å². The Labute approximate surface area is 105 Å². The quantitative estimate of drug-likeness (QED) is 0.791. The van der Waals surface area contributed by atoms with Crippen molar-refractivity contribution >= 4 is 11.4 Å². The van der Waals surface area contributed by atoms with Gasteiger partial charge < -0.3 is 10.6 Å². The van der Waals surface area contributed by atoms with Gasteiger partial charge in [-0.05, 0) is 49.3 Å². The molecule has 1 aromatic rings. The first-order chi connectivity index (χ1) is 8.08. The molecule has 0 amide bonds. The van der Waals surface area contributed by atoms with Crippen molar-refractivity contribution in [2.75, 3.05) is 23.7 Å². The number of rotatable bonds is 2. The van der Waals surface area contributed by atoms with Crippen LogP contribution in [0.25, 0.3) is 0 Å². The molecule has 0 bridgehead atoms. The van der Waals surface area contributed by atoms with Crippen LogP contribution in [-0.2, 0) is 0 Å². The summed E-state index contributed by atoms with van der Waals surface area (Å²) in [6, 6.07) is 6.32. The van der Waals surface area contributed by atoms with E-state index in [2.05, 4.69) is 37.8 Å². The molecule has 0 radical (unpaired) electrons. The van der Waals surface area contributed by atoms with Crippen molar-refractivity contribution in [3.05, 3.63) is 23.8 Å². The van der Waals surface area contributed by atoms with Crippen LogP contribution in [0.5, 0.6) is 0 Å². The van der Waals surface area contributed by atoms with Crippen LogP contribution >= 0.6 is 0 Å². The average molecular weight is 232 g/mol. The Kier molecular flexibility index (Phi) is 3.60. The van der Waals surface area contributed by atoms with E-state index in [1.165, 1.54) is 24.1 Å². The molecule has 2 heteroatoms. The molecule has 17 heavy (non-hydrogen) atoms. The number of aryl methyl sites for hydroxylation is 1. The van der Waals surface area contributed by atoms with E-state index in [9.17, 15) is 0 Å². The Balaban J connectivity index is 2.07. The number of nitrogens with zero attached hydrogens (tertiary/aromatic N) is 1. The molecule has 0 aromatic heterocycles. The van der Waals surface area contributed by atoms with Gasteiger partial charge in [0.2, 0.25) is 0 Å². The Bertz CT molecular complexity index is 377. The molecular weight excluding hydrogens is 208 g/mol. The van der Waals surface area contributed by atoms with Crippen molar-refractivity contribution in [2.45, 2.75) is 33.6 Å². The third-order valence-corrected chi connectivity index (χ3v) is 4.01. The van der Waals surface area contributed by atoms with Crippen LogP contribution in [0, 0.1) is 18.8 Å². The Morgan fingerprint density at radius 1 is 1.24 bits per heavy atom. The van der Waals surface area contributed by atoms with Crippen LogP contribution < -0.4 is 10.6 Å². The first-order valence-electron chi connectivity index (χ1n) is 6.69. The second-order valence-electron chi connectivity index (χ2n) is 5.63. The predicted octanol–water partition coefficient (Wildman–Crippen LogP) is 3.45. The minimum atomic E-state index is 0.812. The predicted molar refractivity (Wildman–Crippen MR) is 75.4 cm³/mol. The molecule has 1 heterocycles. The molecule has 2 nitrogen and oxygen atoms in total. The van der Waals surface area contributed by atoms with Crippen molar-refractivity contribution in [3.8, 4) is 0 Å². The van der Waals surface area contributed by atoms with Gasteiger partial charge >= 0.3 is 0 Å². The van der Waals surface area contributed by atoms with Gasteiger partial charge in [-0.15, -0.1) is 0 Å². The lowest BCUT2D eigenvalue weighted by atomic mass is 9.86. The minimum Gasteiger partial charge on any atom is -0.397 e. The molecule has 1 fully saturated rings. The fourth-order valence-corrected chi connectivity index (χ4v) is 2.73. The summed E-state index contributed by atoms with van der Waals surface area (Å²) in [7, 11) is 0. The van der Waals surface area contributed by atoms with Crippen LogP contribution in [0.4, 0.5) is 11.4 Å². The molecule has 0 aliphatic carbocycles. The third-order valence-electron chi connectivity index (χ3n) is 4.01. The van der Waals surface area contributed by atoms with Crippen LogP contribution in [0.15, 0.2) is 18.2 Å². The summed E-state index contributed by atoms with van der Waals surface area (Å²) < 4.78 is 0. The van der Waals surface area contributed by atoms with E-state index in [-0.39, 0.29) is 0 Å². The van der Waals surface area contributed by atoms with Gasteiger partial charge in [-0.2, -0.15) is 0 Å². The number of hydrogen-bond acceptors (Lipinski definition) is 2. The SMILES string of the molecule is Cc1ccc(N)c(N2CCC(C(C)C)CC2)c1. The number of piperidine rings is 1. The van der Waals surface area contributed by atoms with Crippen molar-refractivity contribution in [3.63, 3.8) is 0 Å². The van der Waals surface area contributed by atoms with E-state index < -0.39 is 0 Å². The van der Waals surface area contributed by atoms with Gasteiger partial charge in [-0.3, -0.25) is 0 Å². The highest BCUT2D eigenvalue weighted by atomic mass is 15.1. The molecule has 1 aliphatic heterocycles. The summed E-state index contributed by atoms with van der Waals surface area (Å²) in [5.74, 6) is 1.70. The summed E-state index contributed by atoms with van der Waals surface area (Å²) in [4.78, 5) is 2.45. The second-order valence-corrected chi connectivity index (χ2v) is 5.63. The standard InChI is InChI=1S/C15H24N2/c1-11(2)13-6-8-17(9-7-13)15-10-12(3)4-5-14(15)16/h4-5,10-11,13H,6-9,16H2,1-3H3. The molecule has 1 aromatic carbocycles. The topological polar surface area (TPSA) is 29.3 Å². The number of hydrogen-bond donors (Lipinski definition) is 1. The summed E-state index contributed by atoms with van der Waals surface area (Å²) in [6.07, 6.45) is 2.59. The van der Waals surface area contributed by atoms with Crippen molar-refractivity contribution < 1.29 is 0 Å². The fourth-order valence-electron chi connectivity index (χ4n) is 2.73. The Morgan fingerprint density at radius 2 is 1.88 bits per heavy atom. The largest absolute Gasteiger partial charge is 0.397 e. The number of benzene rings is 1. The third kappa shape index (κ3) is 2.74. The van der Waals surface area contributed by atoms with E-state index in [0.29, 0.717) is 0 Å². The Morgan fingerprint density at radius 3 is 2.47 bits per heavy atom. The van der Waals surface area contributed by atoms with E-state index in [4.69, 9.17) is 5.73 Å². The van der Waals surface area contributed by atoms with E-state index in [0.717, 1.165) is 30.6 Å². The molecule has 0 atom stereocenters. The van der Waals surface area contributed by atoms with Crippen LogP contribution in [0.2, 0.25) is 0 Å². The van der Waals surface area contributed by atoms with Crippen LogP contribution in [0.1, 0.15) is 32.3 Å². The molecule has 94 valence electrons. The monoisotopic (exact) mass is 232 g/mol. The zero-order valence-electron chi connectivity index (χ0n) is 11.2. The lowest BCUT2D eigenvalue weighted by Crippen LogP contribution is -2.35. The summed E-state index contributed by atoms with van der Waals surface area (Å²) in [5, 5.41) is 0. The van der Waals surface area contributed by atoms with Gasteiger partial charge in [0.15, 0.2) is 0 Å². The highest BCUT2D eigenvalue weighted by molar-refractivity contribution is 5.68. The zero-order valence-corrected chi connectivity index (χ0v) is 11.2. The zero-order chi connectivity index (χ0) is 12.4. The molecule has 2 N–H and O–H groups in total. The van der Waals surface area contributed by atoms with Crippen molar-refractivity contribution in [1.82, 2.24) is 0 Å². The molecule has 1 saturated heterocycles. The van der Waals surface area contributed by atoms with Crippen LogP contribution in [-0.4, -0.2) is 13.1 Å². The summed E-state index contributed by atoms with van der Waals surface area (Å²) in [5.41, 5.74) is 9.51. The number of anilines is 2. The normalized spacial score (nSPS) is 17.8. The van der Waals surface area contributed by atoms with E-state index >= 15 is 0 Å². The Hall–Kier alpha value is -1.18.